The molecule has 1 atom stereocenters. The number of hydrazine groups is 1. The summed E-state index contributed by atoms with van der Waals surface area (Å²) in [6.07, 6.45) is -6.17. The number of hydrogen-bond donors (Lipinski definition) is 2. The third kappa shape index (κ3) is 4.14. The van der Waals surface area contributed by atoms with Crippen LogP contribution in [0.5, 0.6) is 5.75 Å². The SMILES string of the molecule is COC1NN(C(=O)NS(=O)(=O)c2ccccc2OC(F)(F)F)C(=O)N1C. The van der Waals surface area contributed by atoms with E-state index in [9.17, 15) is 31.2 Å². The Morgan fingerprint density at radius 2 is 1.92 bits per heavy atom. The highest BCUT2D eigenvalue weighted by Crippen LogP contribution is 2.29. The number of benzene rings is 1. The van der Waals surface area contributed by atoms with E-state index in [4.69, 9.17) is 4.74 Å². The number of nitrogens with zero attached hydrogens (tertiary/aromatic N) is 2. The maximum atomic E-state index is 12.4. The molecular weight excluding hydrogens is 385 g/mol. The van der Waals surface area contributed by atoms with Gasteiger partial charge in [0.05, 0.1) is 0 Å². The topological polar surface area (TPSA) is 117 Å². The Bertz CT molecular complexity index is 815. The summed E-state index contributed by atoms with van der Waals surface area (Å²) in [6.45, 7) is 0. The Balaban J connectivity index is 2.25. The van der Waals surface area contributed by atoms with Crippen LogP contribution in [0.1, 0.15) is 0 Å². The first-order chi connectivity index (χ1) is 12.0. The van der Waals surface area contributed by atoms with E-state index in [1.54, 1.807) is 0 Å². The first-order valence-electron chi connectivity index (χ1n) is 6.73. The number of ether oxygens (including phenoxy) is 2. The van der Waals surface area contributed by atoms with Crippen molar-refractivity contribution in [1.29, 1.82) is 0 Å². The van der Waals surface area contributed by atoms with Crippen LogP contribution in [0.25, 0.3) is 0 Å². The van der Waals surface area contributed by atoms with Crippen LogP contribution in [0.4, 0.5) is 22.8 Å². The van der Waals surface area contributed by atoms with E-state index in [2.05, 4.69) is 10.2 Å². The van der Waals surface area contributed by atoms with Gasteiger partial charge in [0.1, 0.15) is 10.6 Å². The lowest BCUT2D eigenvalue weighted by Crippen LogP contribution is -2.49. The van der Waals surface area contributed by atoms with Gasteiger partial charge in [0.15, 0.2) is 0 Å². The summed E-state index contributed by atoms with van der Waals surface area (Å²) in [5.74, 6) is -1.03. The summed E-state index contributed by atoms with van der Waals surface area (Å²) in [5.41, 5.74) is 2.27. The molecule has 0 spiro atoms. The molecule has 1 aromatic rings. The van der Waals surface area contributed by atoms with Crippen molar-refractivity contribution in [2.45, 2.75) is 17.6 Å². The second-order valence-corrected chi connectivity index (χ2v) is 6.50. The van der Waals surface area contributed by atoms with E-state index in [0.29, 0.717) is 5.01 Å². The first kappa shape index (κ1) is 19.7. The molecule has 0 saturated carbocycles. The third-order valence-corrected chi connectivity index (χ3v) is 4.46. The van der Waals surface area contributed by atoms with Gasteiger partial charge in [-0.2, -0.15) is 10.4 Å². The van der Waals surface area contributed by atoms with Crippen LogP contribution >= 0.6 is 0 Å². The van der Waals surface area contributed by atoms with Crippen molar-refractivity contribution in [3.8, 4) is 5.75 Å². The number of nitrogens with one attached hydrogen (secondary N) is 2. The number of imide groups is 1. The highest BCUT2D eigenvalue weighted by Gasteiger charge is 2.40. The highest BCUT2D eigenvalue weighted by molar-refractivity contribution is 7.90. The number of alkyl halides is 3. The fourth-order valence-corrected chi connectivity index (χ4v) is 3.03. The van der Waals surface area contributed by atoms with Gasteiger partial charge in [-0.3, -0.25) is 4.90 Å². The summed E-state index contributed by atoms with van der Waals surface area (Å²) < 4.78 is 71.7. The van der Waals surface area contributed by atoms with Crippen LogP contribution in [0, 0.1) is 0 Å². The van der Waals surface area contributed by atoms with E-state index in [1.165, 1.54) is 18.9 Å². The minimum Gasteiger partial charge on any atom is -0.404 e. The molecule has 1 saturated heterocycles. The maximum absolute atomic E-state index is 12.4. The summed E-state index contributed by atoms with van der Waals surface area (Å²) in [5, 5.41) is 0.305. The third-order valence-electron chi connectivity index (χ3n) is 3.10. The van der Waals surface area contributed by atoms with Crippen molar-refractivity contribution in [3.05, 3.63) is 24.3 Å². The zero-order valence-corrected chi connectivity index (χ0v) is 14.1. The molecule has 26 heavy (non-hydrogen) atoms. The average molecular weight is 398 g/mol. The molecule has 1 heterocycles. The molecule has 144 valence electrons. The molecule has 1 aliphatic rings. The second kappa shape index (κ2) is 6.97. The van der Waals surface area contributed by atoms with Crippen molar-refractivity contribution in [2.75, 3.05) is 14.2 Å². The van der Waals surface area contributed by atoms with Crippen LogP contribution in [-0.2, 0) is 14.8 Å². The summed E-state index contributed by atoms with van der Waals surface area (Å²) in [7, 11) is -2.28. The van der Waals surface area contributed by atoms with E-state index in [-0.39, 0.29) is 0 Å². The zero-order chi connectivity index (χ0) is 19.7. The van der Waals surface area contributed by atoms with Gasteiger partial charge in [0.2, 0.25) is 6.35 Å². The summed E-state index contributed by atoms with van der Waals surface area (Å²) in [6, 6.07) is 1.44. The molecule has 1 unspecified atom stereocenters. The van der Waals surface area contributed by atoms with Crippen LogP contribution in [0.15, 0.2) is 29.2 Å². The monoisotopic (exact) mass is 398 g/mol. The molecule has 10 nitrogen and oxygen atoms in total. The van der Waals surface area contributed by atoms with Gasteiger partial charge >= 0.3 is 18.4 Å². The molecule has 0 radical (unpaired) electrons. The van der Waals surface area contributed by atoms with E-state index in [0.717, 1.165) is 29.2 Å². The lowest BCUT2D eigenvalue weighted by Gasteiger charge is -2.16. The molecule has 2 N–H and O–H groups in total. The number of methoxy groups -OCH3 is 1. The predicted octanol–water partition coefficient (Wildman–Crippen LogP) is 0.785. The largest absolute Gasteiger partial charge is 0.573 e. The van der Waals surface area contributed by atoms with E-state index >= 15 is 0 Å². The number of urea groups is 2. The lowest BCUT2D eigenvalue weighted by molar-refractivity contribution is -0.275. The molecule has 4 amide bonds. The van der Waals surface area contributed by atoms with Gasteiger partial charge < -0.3 is 9.47 Å². The molecule has 0 aliphatic carbocycles. The fraction of sp³-hybridized carbons (Fsp3) is 0.333. The van der Waals surface area contributed by atoms with Gasteiger partial charge in [-0.25, -0.2) is 22.7 Å². The quantitative estimate of drug-likeness (QED) is 0.770. The van der Waals surface area contributed by atoms with Gasteiger partial charge in [0, 0.05) is 14.2 Å². The Morgan fingerprint density at radius 3 is 2.46 bits per heavy atom. The van der Waals surface area contributed by atoms with Crippen LogP contribution in [-0.4, -0.2) is 57.3 Å². The van der Waals surface area contributed by atoms with E-state index in [1.807, 2.05) is 0 Å². The van der Waals surface area contributed by atoms with Crippen LogP contribution < -0.4 is 14.9 Å². The first-order valence-corrected chi connectivity index (χ1v) is 8.22. The molecule has 2 rings (SSSR count). The molecule has 0 bridgehead atoms. The molecular formula is C12H13F3N4O6S. The number of carbonyl (C=O) groups is 2. The summed E-state index contributed by atoms with van der Waals surface area (Å²) >= 11 is 0. The van der Waals surface area contributed by atoms with Crippen molar-refractivity contribution < 1.29 is 40.7 Å². The minimum atomic E-state index is -5.14. The fourth-order valence-electron chi connectivity index (χ4n) is 1.96. The maximum Gasteiger partial charge on any atom is 0.573 e. The minimum absolute atomic E-state index is 0.305. The normalized spacial score (nSPS) is 18.2. The molecule has 1 aliphatic heterocycles. The molecule has 0 aromatic heterocycles. The van der Waals surface area contributed by atoms with Gasteiger partial charge in [-0.15, -0.1) is 13.2 Å². The molecule has 1 fully saturated rings. The highest BCUT2D eigenvalue weighted by atomic mass is 32.2. The number of sulfonamides is 1. The molecule has 1 aromatic carbocycles. The zero-order valence-electron chi connectivity index (χ0n) is 13.3. The second-order valence-electron chi connectivity index (χ2n) is 4.85. The summed E-state index contributed by atoms with van der Waals surface area (Å²) in [4.78, 5) is 23.9. The molecule has 14 heteroatoms. The number of hydrogen-bond acceptors (Lipinski definition) is 7. The smallest absolute Gasteiger partial charge is 0.404 e. The number of halogens is 3. The predicted molar refractivity (Wildman–Crippen MR) is 77.8 cm³/mol. The number of carbonyl (C=O) groups excluding carboxylic acids is 2. The Labute approximate surface area is 145 Å². The number of para-hydroxylation sites is 1. The van der Waals surface area contributed by atoms with Gasteiger partial charge in [-0.05, 0) is 12.1 Å². The number of amides is 4. The lowest BCUT2D eigenvalue weighted by atomic mass is 10.3. The Hall–Kier alpha value is -2.58. The van der Waals surface area contributed by atoms with E-state index < -0.39 is 45.4 Å². The van der Waals surface area contributed by atoms with Crippen molar-refractivity contribution in [3.63, 3.8) is 0 Å². The Kier molecular flexibility index (Phi) is 5.29. The van der Waals surface area contributed by atoms with Crippen LogP contribution in [0.3, 0.4) is 0 Å². The van der Waals surface area contributed by atoms with Crippen molar-refractivity contribution >= 4 is 22.1 Å². The Morgan fingerprint density at radius 1 is 1.31 bits per heavy atom. The van der Waals surface area contributed by atoms with Gasteiger partial charge in [0.25, 0.3) is 10.0 Å². The van der Waals surface area contributed by atoms with Gasteiger partial charge in [-0.1, -0.05) is 12.1 Å². The average Bonchev–Trinajstić information content (AvgIpc) is 2.81. The number of rotatable bonds is 4. The van der Waals surface area contributed by atoms with Crippen molar-refractivity contribution in [2.24, 2.45) is 0 Å². The van der Waals surface area contributed by atoms with Crippen LogP contribution in [0.2, 0.25) is 0 Å². The van der Waals surface area contributed by atoms with Crippen molar-refractivity contribution in [1.82, 2.24) is 20.1 Å². The standard InChI is InChI=1S/C12H13F3N4O6S/c1-18-10(24-2)16-19(11(18)21)9(20)17-26(22,23)8-6-4-3-5-7(8)25-12(13,14)15/h3-6,10,16H,1-2H3,(H,17,20).